The average molecular weight is 354 g/mol. The van der Waals surface area contributed by atoms with Crippen LogP contribution in [0.5, 0.6) is 5.75 Å². The molecule has 8 heteroatoms. The third-order valence-electron chi connectivity index (χ3n) is 2.13. The van der Waals surface area contributed by atoms with Crippen LogP contribution in [0.3, 0.4) is 0 Å². The second-order valence-electron chi connectivity index (χ2n) is 3.59. The van der Waals surface area contributed by atoms with Gasteiger partial charge in [0, 0.05) is 11.6 Å². The van der Waals surface area contributed by atoms with Crippen LogP contribution in [0.15, 0.2) is 27.6 Å². The van der Waals surface area contributed by atoms with E-state index < -0.39 is 10.0 Å². The Balaban J connectivity index is 2.59. The number of primary sulfonamides is 1. The van der Waals surface area contributed by atoms with E-state index in [9.17, 15) is 8.42 Å². The zero-order chi connectivity index (χ0) is 14.3. The van der Waals surface area contributed by atoms with Gasteiger partial charge in [-0.15, -0.1) is 0 Å². The predicted octanol–water partition coefficient (Wildman–Crippen LogP) is 1.14. The van der Waals surface area contributed by atoms with Crippen molar-refractivity contribution in [2.24, 2.45) is 5.14 Å². The lowest BCUT2D eigenvalue weighted by molar-refractivity contribution is 0.0539. The minimum absolute atomic E-state index is 0.0567. The number of ether oxygens (including phenoxy) is 3. The number of halogens is 1. The van der Waals surface area contributed by atoms with Crippen LogP contribution in [0, 0.1) is 0 Å². The molecule has 0 radical (unpaired) electrons. The number of rotatable bonds is 8. The normalized spacial score (nSPS) is 11.5. The lowest BCUT2D eigenvalue weighted by Gasteiger charge is -2.10. The highest BCUT2D eigenvalue weighted by Crippen LogP contribution is 2.26. The molecule has 6 nitrogen and oxygen atoms in total. The summed E-state index contributed by atoms with van der Waals surface area (Å²) in [6, 6.07) is 4.62. The van der Waals surface area contributed by atoms with Crippen molar-refractivity contribution in [3.8, 4) is 5.75 Å². The summed E-state index contributed by atoms with van der Waals surface area (Å²) in [7, 11) is -2.24. The molecule has 2 N–H and O–H groups in total. The van der Waals surface area contributed by atoms with Gasteiger partial charge in [0.25, 0.3) is 0 Å². The molecule has 0 saturated carbocycles. The molecule has 108 valence electrons. The first-order valence-electron chi connectivity index (χ1n) is 5.47. The topological polar surface area (TPSA) is 87.8 Å². The van der Waals surface area contributed by atoms with E-state index in [0.717, 1.165) is 0 Å². The zero-order valence-electron chi connectivity index (χ0n) is 10.5. The Hall–Kier alpha value is -0.670. The van der Waals surface area contributed by atoms with Crippen molar-refractivity contribution in [2.75, 3.05) is 33.5 Å². The number of nitrogens with two attached hydrogens (primary N) is 1. The maximum absolute atomic E-state index is 11.4. The molecule has 0 fully saturated rings. The van der Waals surface area contributed by atoms with Crippen molar-refractivity contribution >= 4 is 26.0 Å². The number of benzene rings is 1. The minimum atomic E-state index is -3.82. The highest BCUT2D eigenvalue weighted by atomic mass is 79.9. The molecule has 0 aliphatic heterocycles. The van der Waals surface area contributed by atoms with Crippen LogP contribution in [-0.4, -0.2) is 42.0 Å². The van der Waals surface area contributed by atoms with E-state index in [0.29, 0.717) is 24.3 Å². The molecular weight excluding hydrogens is 338 g/mol. The van der Waals surface area contributed by atoms with Crippen LogP contribution in [0.25, 0.3) is 0 Å². The average Bonchev–Trinajstić information content (AvgIpc) is 2.34. The first kappa shape index (κ1) is 16.4. The zero-order valence-corrected chi connectivity index (χ0v) is 12.9. The van der Waals surface area contributed by atoms with Gasteiger partial charge >= 0.3 is 0 Å². The van der Waals surface area contributed by atoms with Gasteiger partial charge in [0.2, 0.25) is 10.0 Å². The lowest BCUT2D eigenvalue weighted by atomic mass is 10.3. The van der Waals surface area contributed by atoms with E-state index in [-0.39, 0.29) is 17.3 Å². The Kier molecular flexibility index (Phi) is 6.73. The largest absolute Gasteiger partial charge is 0.490 e. The Bertz CT molecular complexity index is 506. The van der Waals surface area contributed by atoms with E-state index in [1.165, 1.54) is 6.07 Å². The Morgan fingerprint density at radius 2 is 1.89 bits per heavy atom. The van der Waals surface area contributed by atoms with Crippen LogP contribution in [0.4, 0.5) is 0 Å². The molecule has 1 rings (SSSR count). The van der Waals surface area contributed by atoms with Gasteiger partial charge in [-0.05, 0) is 18.2 Å². The van der Waals surface area contributed by atoms with Crippen LogP contribution in [0.1, 0.15) is 0 Å². The molecule has 0 bridgehead atoms. The van der Waals surface area contributed by atoms with Crippen molar-refractivity contribution in [3.63, 3.8) is 0 Å². The van der Waals surface area contributed by atoms with Gasteiger partial charge in [0.15, 0.2) is 0 Å². The highest BCUT2D eigenvalue weighted by Gasteiger charge is 2.15. The summed E-state index contributed by atoms with van der Waals surface area (Å²) < 4.78 is 38.8. The third kappa shape index (κ3) is 5.87. The summed E-state index contributed by atoms with van der Waals surface area (Å²) in [5.74, 6) is 0.209. The number of sulfonamides is 1. The maximum Gasteiger partial charge on any atom is 0.241 e. The van der Waals surface area contributed by atoms with E-state index in [1.54, 1.807) is 19.2 Å². The standard InChI is InChI=1S/C11H16BrNO5S/c1-16-4-5-17-6-7-18-10-3-2-9(12)8-11(10)19(13,14)15/h2-3,8H,4-7H2,1H3,(H2,13,14,15). The van der Waals surface area contributed by atoms with Crippen LogP contribution >= 0.6 is 15.9 Å². The molecule has 0 saturated heterocycles. The second kappa shape index (κ2) is 7.81. The van der Waals surface area contributed by atoms with Crippen molar-refractivity contribution in [1.29, 1.82) is 0 Å². The van der Waals surface area contributed by atoms with Gasteiger partial charge in [-0.3, -0.25) is 0 Å². The summed E-state index contributed by atoms with van der Waals surface area (Å²) in [6.07, 6.45) is 0. The van der Waals surface area contributed by atoms with Crippen molar-refractivity contribution in [3.05, 3.63) is 22.7 Å². The van der Waals surface area contributed by atoms with E-state index in [2.05, 4.69) is 15.9 Å². The molecule has 0 atom stereocenters. The Morgan fingerprint density at radius 3 is 2.53 bits per heavy atom. The smallest absolute Gasteiger partial charge is 0.241 e. The first-order chi connectivity index (χ1) is 8.95. The highest BCUT2D eigenvalue weighted by molar-refractivity contribution is 9.10. The molecular formula is C11H16BrNO5S. The molecule has 0 spiro atoms. The molecule has 0 aliphatic rings. The fourth-order valence-electron chi connectivity index (χ4n) is 1.28. The fraction of sp³-hybridized carbons (Fsp3) is 0.455. The lowest BCUT2D eigenvalue weighted by Crippen LogP contribution is -2.16. The molecule has 1 aromatic rings. The molecule has 0 aliphatic carbocycles. The van der Waals surface area contributed by atoms with Gasteiger partial charge in [-0.1, -0.05) is 15.9 Å². The SMILES string of the molecule is COCCOCCOc1ccc(Br)cc1S(N)(=O)=O. The second-order valence-corrected chi connectivity index (χ2v) is 6.04. The van der Waals surface area contributed by atoms with Crippen molar-refractivity contribution in [1.82, 2.24) is 0 Å². The number of hydrogen-bond donors (Lipinski definition) is 1. The number of methoxy groups -OCH3 is 1. The Labute approximate surface area is 121 Å². The van der Waals surface area contributed by atoms with Crippen molar-refractivity contribution < 1.29 is 22.6 Å². The minimum Gasteiger partial charge on any atom is -0.490 e. The van der Waals surface area contributed by atoms with Gasteiger partial charge in [0.05, 0.1) is 19.8 Å². The van der Waals surface area contributed by atoms with Crippen LogP contribution in [-0.2, 0) is 19.5 Å². The van der Waals surface area contributed by atoms with Gasteiger partial charge < -0.3 is 14.2 Å². The maximum atomic E-state index is 11.4. The molecule has 0 unspecified atom stereocenters. The van der Waals surface area contributed by atoms with Gasteiger partial charge in [-0.2, -0.15) is 0 Å². The first-order valence-corrected chi connectivity index (χ1v) is 7.81. The monoisotopic (exact) mass is 353 g/mol. The van der Waals surface area contributed by atoms with Crippen molar-refractivity contribution in [2.45, 2.75) is 4.90 Å². The molecule has 0 heterocycles. The molecule has 0 amide bonds. The van der Waals surface area contributed by atoms with Gasteiger partial charge in [0.1, 0.15) is 17.3 Å². The predicted molar refractivity (Wildman–Crippen MR) is 73.7 cm³/mol. The molecule has 19 heavy (non-hydrogen) atoms. The van der Waals surface area contributed by atoms with Crippen LogP contribution < -0.4 is 9.88 Å². The van der Waals surface area contributed by atoms with E-state index >= 15 is 0 Å². The number of hydrogen-bond acceptors (Lipinski definition) is 5. The molecule has 0 aromatic heterocycles. The fourth-order valence-corrected chi connectivity index (χ4v) is 2.49. The summed E-state index contributed by atoms with van der Waals surface area (Å²) >= 11 is 3.18. The molecule has 1 aromatic carbocycles. The third-order valence-corrected chi connectivity index (χ3v) is 3.55. The summed E-state index contributed by atoms with van der Waals surface area (Å²) in [6.45, 7) is 1.53. The summed E-state index contributed by atoms with van der Waals surface area (Å²) in [4.78, 5) is -0.0567. The summed E-state index contributed by atoms with van der Waals surface area (Å²) in [5, 5.41) is 5.12. The van der Waals surface area contributed by atoms with Gasteiger partial charge in [-0.25, -0.2) is 13.6 Å². The van der Waals surface area contributed by atoms with E-state index in [4.69, 9.17) is 19.3 Å². The summed E-state index contributed by atoms with van der Waals surface area (Å²) in [5.41, 5.74) is 0. The Morgan fingerprint density at radius 1 is 1.21 bits per heavy atom. The van der Waals surface area contributed by atoms with E-state index in [1.807, 2.05) is 0 Å². The van der Waals surface area contributed by atoms with Crippen LogP contribution in [0.2, 0.25) is 0 Å². The quantitative estimate of drug-likeness (QED) is 0.708.